The second kappa shape index (κ2) is 10.7. The van der Waals surface area contributed by atoms with Crippen molar-refractivity contribution in [1.82, 2.24) is 20.1 Å². The molecule has 0 radical (unpaired) electrons. The Balaban J connectivity index is 1.84. The summed E-state index contributed by atoms with van der Waals surface area (Å²) in [4.78, 5) is 18.5. The van der Waals surface area contributed by atoms with Gasteiger partial charge in [-0.1, -0.05) is 23.7 Å². The first kappa shape index (κ1) is 21.8. The number of aromatic nitrogens is 1. The summed E-state index contributed by atoms with van der Waals surface area (Å²) in [6.45, 7) is 4.25. The quantitative estimate of drug-likeness (QED) is 0.401. The average Bonchev–Trinajstić information content (AvgIpc) is 2.94. The number of benzene rings is 1. The summed E-state index contributed by atoms with van der Waals surface area (Å²) in [5.74, 6) is 0.254. The van der Waals surface area contributed by atoms with Crippen LogP contribution >= 0.6 is 11.6 Å². The molecule has 1 amide bonds. The third kappa shape index (κ3) is 6.88. The van der Waals surface area contributed by atoms with Crippen molar-refractivity contribution in [3.63, 3.8) is 0 Å². The summed E-state index contributed by atoms with van der Waals surface area (Å²) in [5.41, 5.74) is 1.72. The summed E-state index contributed by atoms with van der Waals surface area (Å²) >= 11 is 6.04. The maximum absolute atomic E-state index is 13.2. The first-order chi connectivity index (χ1) is 13.4. The Morgan fingerprint density at radius 3 is 2.75 bits per heavy atom. The number of aliphatic imine (C=N–C) groups is 1. The monoisotopic (exact) mass is 407 g/mol. The Morgan fingerprint density at radius 1 is 1.32 bits per heavy atom. The fraction of sp³-hybridized carbons (Fsp3) is 0.400. The van der Waals surface area contributed by atoms with Crippen LogP contribution in [0.25, 0.3) is 0 Å². The van der Waals surface area contributed by atoms with E-state index in [9.17, 15) is 9.18 Å². The molecular weight excluding hydrogens is 381 g/mol. The third-order valence-electron chi connectivity index (χ3n) is 4.12. The topological polar surface area (TPSA) is 61.7 Å². The lowest BCUT2D eigenvalue weighted by Gasteiger charge is -2.22. The molecule has 1 aromatic heterocycles. The van der Waals surface area contributed by atoms with E-state index < -0.39 is 0 Å². The van der Waals surface area contributed by atoms with Crippen molar-refractivity contribution in [3.8, 4) is 0 Å². The second-order valence-corrected chi connectivity index (χ2v) is 6.95. The predicted octanol–water partition coefficient (Wildman–Crippen LogP) is 2.57. The van der Waals surface area contributed by atoms with Crippen LogP contribution in [0.5, 0.6) is 0 Å². The predicted molar refractivity (Wildman–Crippen MR) is 111 cm³/mol. The molecule has 0 saturated carbocycles. The van der Waals surface area contributed by atoms with Gasteiger partial charge in [-0.3, -0.25) is 9.79 Å². The molecule has 2 N–H and O–H groups in total. The molecule has 0 unspecified atom stereocenters. The number of guanidine groups is 1. The van der Waals surface area contributed by atoms with Crippen LogP contribution in [0.15, 0.2) is 41.5 Å². The first-order valence-corrected chi connectivity index (χ1v) is 9.58. The Kier molecular flexibility index (Phi) is 8.32. The molecule has 2 rings (SSSR count). The molecule has 28 heavy (non-hydrogen) atoms. The SMILES string of the molecule is CCNC(=NCCNC(=O)Cc1cccc(F)c1)N(C)Cc1cc(Cl)cn1C. The zero-order valence-electron chi connectivity index (χ0n) is 16.5. The average molecular weight is 408 g/mol. The van der Waals surface area contributed by atoms with E-state index in [1.165, 1.54) is 12.1 Å². The molecular formula is C20H27ClFN5O. The summed E-state index contributed by atoms with van der Waals surface area (Å²) in [7, 11) is 3.90. The van der Waals surface area contributed by atoms with Crippen molar-refractivity contribution in [2.45, 2.75) is 19.9 Å². The molecule has 1 heterocycles. The van der Waals surface area contributed by atoms with E-state index in [0.29, 0.717) is 30.2 Å². The highest BCUT2D eigenvalue weighted by Crippen LogP contribution is 2.14. The van der Waals surface area contributed by atoms with Gasteiger partial charge in [0.15, 0.2) is 5.96 Å². The maximum Gasteiger partial charge on any atom is 0.224 e. The fourth-order valence-electron chi connectivity index (χ4n) is 2.76. The lowest BCUT2D eigenvalue weighted by molar-refractivity contribution is -0.120. The Hall–Kier alpha value is -2.54. The standard InChI is InChI=1S/C20H27ClFN5O/c1-4-23-20(27(3)14-18-12-16(21)13-26(18)2)25-9-8-24-19(28)11-15-6-5-7-17(22)10-15/h5-7,10,12-13H,4,8-9,11,14H2,1-3H3,(H,23,25)(H,24,28). The Morgan fingerprint density at radius 2 is 2.11 bits per heavy atom. The molecule has 0 aliphatic heterocycles. The number of hydrogen-bond acceptors (Lipinski definition) is 2. The zero-order valence-corrected chi connectivity index (χ0v) is 17.3. The number of aryl methyl sites for hydroxylation is 1. The van der Waals surface area contributed by atoms with Gasteiger partial charge in [0.25, 0.3) is 0 Å². The molecule has 0 saturated heterocycles. The van der Waals surface area contributed by atoms with Crippen LogP contribution < -0.4 is 10.6 Å². The summed E-state index contributed by atoms with van der Waals surface area (Å²) in [5, 5.41) is 6.76. The van der Waals surface area contributed by atoms with Gasteiger partial charge in [0, 0.05) is 39.1 Å². The van der Waals surface area contributed by atoms with Crippen molar-refractivity contribution in [3.05, 3.63) is 58.6 Å². The lowest BCUT2D eigenvalue weighted by atomic mass is 10.1. The Bertz CT molecular complexity index is 821. The number of carbonyl (C=O) groups is 1. The number of carbonyl (C=O) groups excluding carboxylic acids is 1. The van der Waals surface area contributed by atoms with Gasteiger partial charge in [0.1, 0.15) is 5.82 Å². The molecule has 2 aromatic rings. The van der Waals surface area contributed by atoms with Gasteiger partial charge in [-0.25, -0.2) is 4.39 Å². The number of rotatable bonds is 8. The van der Waals surface area contributed by atoms with Crippen LogP contribution in [-0.2, 0) is 24.8 Å². The largest absolute Gasteiger partial charge is 0.357 e. The van der Waals surface area contributed by atoms with Gasteiger partial charge in [-0.15, -0.1) is 0 Å². The minimum atomic E-state index is -0.340. The van der Waals surface area contributed by atoms with Gasteiger partial charge >= 0.3 is 0 Å². The van der Waals surface area contributed by atoms with Crippen LogP contribution in [0.3, 0.4) is 0 Å². The van der Waals surface area contributed by atoms with Gasteiger partial charge in [0.05, 0.1) is 24.5 Å². The third-order valence-corrected chi connectivity index (χ3v) is 4.33. The van der Waals surface area contributed by atoms with Crippen molar-refractivity contribution < 1.29 is 9.18 Å². The van der Waals surface area contributed by atoms with Crippen molar-refractivity contribution in [1.29, 1.82) is 0 Å². The van der Waals surface area contributed by atoms with E-state index in [0.717, 1.165) is 18.2 Å². The van der Waals surface area contributed by atoms with E-state index >= 15 is 0 Å². The van der Waals surface area contributed by atoms with Crippen LogP contribution in [-0.4, -0.2) is 48.0 Å². The molecule has 1 aromatic carbocycles. The second-order valence-electron chi connectivity index (χ2n) is 6.51. The highest BCUT2D eigenvalue weighted by molar-refractivity contribution is 6.30. The molecule has 0 bridgehead atoms. The van der Waals surface area contributed by atoms with Crippen LogP contribution in [0, 0.1) is 5.82 Å². The lowest BCUT2D eigenvalue weighted by Crippen LogP contribution is -2.39. The zero-order chi connectivity index (χ0) is 20.5. The smallest absolute Gasteiger partial charge is 0.224 e. The molecule has 6 nitrogen and oxygen atoms in total. The minimum Gasteiger partial charge on any atom is -0.357 e. The number of nitrogens with one attached hydrogen (secondary N) is 2. The summed E-state index contributed by atoms with van der Waals surface area (Å²) in [6, 6.07) is 7.98. The van der Waals surface area contributed by atoms with Gasteiger partial charge in [0.2, 0.25) is 5.91 Å². The van der Waals surface area contributed by atoms with Crippen molar-refractivity contribution >= 4 is 23.5 Å². The molecule has 0 aliphatic carbocycles. The molecule has 0 aliphatic rings. The summed E-state index contributed by atoms with van der Waals surface area (Å²) < 4.78 is 15.2. The van der Waals surface area contributed by atoms with Crippen LogP contribution in [0.2, 0.25) is 5.02 Å². The van der Waals surface area contributed by atoms with E-state index in [-0.39, 0.29) is 18.1 Å². The maximum atomic E-state index is 13.2. The first-order valence-electron chi connectivity index (χ1n) is 9.20. The normalized spacial score (nSPS) is 11.4. The van der Waals surface area contributed by atoms with Crippen LogP contribution in [0.1, 0.15) is 18.2 Å². The summed E-state index contributed by atoms with van der Waals surface area (Å²) in [6.07, 6.45) is 2.01. The minimum absolute atomic E-state index is 0.149. The number of hydrogen-bond donors (Lipinski definition) is 2. The van der Waals surface area contributed by atoms with Gasteiger partial charge in [-0.05, 0) is 30.7 Å². The molecule has 0 atom stereocenters. The number of nitrogens with zero attached hydrogens (tertiary/aromatic N) is 3. The van der Waals surface area contributed by atoms with Gasteiger partial charge in [-0.2, -0.15) is 0 Å². The van der Waals surface area contributed by atoms with E-state index in [2.05, 4.69) is 15.6 Å². The highest BCUT2D eigenvalue weighted by Gasteiger charge is 2.10. The Labute approximate surface area is 170 Å². The van der Waals surface area contributed by atoms with E-state index in [1.54, 1.807) is 12.1 Å². The molecule has 152 valence electrons. The number of halogens is 2. The fourth-order valence-corrected chi connectivity index (χ4v) is 3.04. The van der Waals surface area contributed by atoms with Crippen molar-refractivity contribution in [2.75, 3.05) is 26.7 Å². The highest BCUT2D eigenvalue weighted by atomic mass is 35.5. The number of amides is 1. The molecule has 8 heteroatoms. The van der Waals surface area contributed by atoms with E-state index in [1.807, 2.05) is 42.7 Å². The molecule has 0 fully saturated rings. The van der Waals surface area contributed by atoms with Crippen LogP contribution in [0.4, 0.5) is 4.39 Å². The van der Waals surface area contributed by atoms with Gasteiger partial charge < -0.3 is 20.1 Å². The van der Waals surface area contributed by atoms with E-state index in [4.69, 9.17) is 11.6 Å². The molecule has 0 spiro atoms. The van der Waals surface area contributed by atoms with Crippen molar-refractivity contribution in [2.24, 2.45) is 12.0 Å².